The predicted octanol–water partition coefficient (Wildman–Crippen LogP) is 5.01. The summed E-state index contributed by atoms with van der Waals surface area (Å²) in [5.74, 6) is 0. The number of hydrogen-bond donors (Lipinski definition) is 0. The molecule has 0 saturated carbocycles. The number of hydrogen-bond acceptors (Lipinski definition) is 0. The van der Waals surface area contributed by atoms with Gasteiger partial charge in [0.25, 0.3) is 0 Å². The molecule has 2 aliphatic carbocycles. The summed E-state index contributed by atoms with van der Waals surface area (Å²) >= 11 is 1.12. The zero-order chi connectivity index (χ0) is 15.0. The van der Waals surface area contributed by atoms with Gasteiger partial charge in [-0.25, -0.2) is 0 Å². The number of allylic oxidation sites excluding steroid dienone is 8. The fourth-order valence-electron chi connectivity index (χ4n) is 3.68. The average molecular weight is 398 g/mol. The first-order valence-corrected chi connectivity index (χ1v) is 10.7. The van der Waals surface area contributed by atoms with Crippen LogP contribution in [0.3, 0.4) is 0 Å². The van der Waals surface area contributed by atoms with Crippen LogP contribution in [-0.2, 0) is 0 Å². The maximum absolute atomic E-state index is 2.52. The van der Waals surface area contributed by atoms with Crippen LogP contribution >= 0.6 is 0 Å². The second-order valence-electron chi connectivity index (χ2n) is 6.68. The summed E-state index contributed by atoms with van der Waals surface area (Å²) in [5.41, 5.74) is 9.68. The van der Waals surface area contributed by atoms with Gasteiger partial charge in [0.15, 0.2) is 0 Å². The van der Waals surface area contributed by atoms with Crippen molar-refractivity contribution in [3.63, 3.8) is 0 Å². The van der Waals surface area contributed by atoms with Gasteiger partial charge >= 0.3 is 136 Å². The Hall–Kier alpha value is -0.00104. The van der Waals surface area contributed by atoms with Crippen molar-refractivity contribution in [3.05, 3.63) is 42.4 Å². The first kappa shape index (κ1) is 14.9. The molecule has 0 N–H and O–H groups in total. The van der Waals surface area contributed by atoms with E-state index in [-0.39, 0.29) is 0 Å². The summed E-state index contributed by atoms with van der Waals surface area (Å²) in [6.45, 7) is 19.2. The van der Waals surface area contributed by atoms with E-state index < -0.39 is 0 Å². The Bertz CT molecular complexity index is 599. The van der Waals surface area contributed by atoms with Gasteiger partial charge in [-0.3, -0.25) is 0 Å². The van der Waals surface area contributed by atoms with Crippen molar-refractivity contribution in [2.24, 2.45) is 0 Å². The van der Waals surface area contributed by atoms with E-state index in [2.05, 4.69) is 55.4 Å². The summed E-state index contributed by atoms with van der Waals surface area (Å²) in [6, 6.07) is 0. The van der Waals surface area contributed by atoms with Crippen LogP contribution in [0.25, 0.3) is 0 Å². The topological polar surface area (TPSA) is 0 Å². The van der Waals surface area contributed by atoms with Crippen LogP contribution in [0.4, 0.5) is 0 Å². The van der Waals surface area contributed by atoms with E-state index in [0.717, 1.165) is 0 Å². The van der Waals surface area contributed by atoms with Crippen molar-refractivity contribution in [2.45, 2.75) is 64.0 Å². The van der Waals surface area contributed by atoms with Crippen molar-refractivity contribution < 1.29 is 0 Å². The Morgan fingerprint density at radius 1 is 0.550 bits per heavy atom. The molecule has 0 aromatic carbocycles. The van der Waals surface area contributed by atoms with E-state index in [0.29, 0.717) is 38.5 Å². The van der Waals surface area contributed by atoms with Gasteiger partial charge in [-0.15, -0.1) is 0 Å². The second-order valence-corrected chi connectivity index (χ2v) is 12.7. The molecule has 0 bridgehead atoms. The number of fused-ring (bicyclic) bond motifs is 2. The molecule has 108 valence electrons. The average Bonchev–Trinajstić information content (AvgIpc) is 2.67. The molecular weight excluding hydrogens is 374 g/mol. The first-order valence-electron chi connectivity index (χ1n) is 7.32. The molecule has 0 aromatic rings. The fourth-order valence-corrected chi connectivity index (χ4v) is 12.3. The molecule has 0 nitrogen and oxygen atoms in total. The van der Waals surface area contributed by atoms with Gasteiger partial charge in [-0.1, -0.05) is 0 Å². The zero-order valence-electron chi connectivity index (χ0n) is 13.8. The van der Waals surface area contributed by atoms with Gasteiger partial charge in [-0.2, -0.15) is 0 Å². The van der Waals surface area contributed by atoms with Gasteiger partial charge < -0.3 is 0 Å². The molecule has 0 aromatic heterocycles. The van der Waals surface area contributed by atoms with Crippen molar-refractivity contribution in [3.8, 4) is 0 Å². The molecule has 1 heterocycles. The first-order chi connectivity index (χ1) is 9.14. The summed E-state index contributed by atoms with van der Waals surface area (Å²) in [6.07, 6.45) is 0. The molecule has 3 rings (SSSR count). The minimum absolute atomic E-state index is 0.377. The molecular formula is C18H24Se2. The molecule has 0 radical (unpaired) electrons. The van der Waals surface area contributed by atoms with Gasteiger partial charge in [0, 0.05) is 0 Å². The van der Waals surface area contributed by atoms with Crippen molar-refractivity contribution in [2.75, 3.05) is 0 Å². The Balaban J connectivity index is 2.22. The fraction of sp³-hybridized carbons (Fsp3) is 0.556. The third-order valence-electron chi connectivity index (χ3n) is 5.84. The van der Waals surface area contributed by atoms with Gasteiger partial charge in [0.2, 0.25) is 0 Å². The SMILES string of the molecule is CC1=C(C)C2(C)[Se]C3=C(C)C(C)=C(C)C3(C)[Se]C2=C1C. The molecule has 1 aliphatic heterocycles. The van der Waals surface area contributed by atoms with Crippen LogP contribution in [0.5, 0.6) is 0 Å². The predicted molar refractivity (Wildman–Crippen MR) is 90.4 cm³/mol. The monoisotopic (exact) mass is 400 g/mol. The van der Waals surface area contributed by atoms with Gasteiger partial charge in [-0.05, 0) is 0 Å². The maximum atomic E-state index is 2.52. The molecule has 3 aliphatic rings. The van der Waals surface area contributed by atoms with Crippen molar-refractivity contribution >= 4 is 29.9 Å². The molecule has 2 unspecified atom stereocenters. The third-order valence-corrected chi connectivity index (χ3v) is 14.9. The molecule has 1 fully saturated rings. The van der Waals surface area contributed by atoms with Crippen molar-refractivity contribution in [1.82, 2.24) is 0 Å². The van der Waals surface area contributed by atoms with Crippen LogP contribution in [0, 0.1) is 0 Å². The molecule has 20 heavy (non-hydrogen) atoms. The van der Waals surface area contributed by atoms with Gasteiger partial charge in [0.05, 0.1) is 0 Å². The van der Waals surface area contributed by atoms with E-state index >= 15 is 0 Å². The summed E-state index contributed by atoms with van der Waals surface area (Å²) in [7, 11) is 0. The van der Waals surface area contributed by atoms with Crippen LogP contribution in [-0.4, -0.2) is 29.9 Å². The van der Waals surface area contributed by atoms with E-state index in [4.69, 9.17) is 0 Å². The van der Waals surface area contributed by atoms with Crippen LogP contribution in [0.1, 0.15) is 55.4 Å². The van der Waals surface area contributed by atoms with E-state index in [1.165, 1.54) is 0 Å². The van der Waals surface area contributed by atoms with Crippen LogP contribution in [0.15, 0.2) is 42.4 Å². The Labute approximate surface area is 136 Å². The molecule has 2 atom stereocenters. The van der Waals surface area contributed by atoms with E-state index in [1.807, 2.05) is 0 Å². The molecule has 0 amide bonds. The second kappa shape index (κ2) is 4.26. The Morgan fingerprint density at radius 2 is 0.850 bits per heavy atom. The Kier molecular flexibility index (Phi) is 3.18. The molecule has 2 heteroatoms. The van der Waals surface area contributed by atoms with E-state index in [9.17, 15) is 0 Å². The molecule has 1 saturated heterocycles. The summed E-state index contributed by atoms with van der Waals surface area (Å²) in [4.78, 5) is 0. The quantitative estimate of drug-likeness (QED) is 0.503. The summed E-state index contributed by atoms with van der Waals surface area (Å²) < 4.78 is 4.35. The van der Waals surface area contributed by atoms with Crippen LogP contribution in [0.2, 0.25) is 8.63 Å². The van der Waals surface area contributed by atoms with Gasteiger partial charge in [0.1, 0.15) is 0 Å². The van der Waals surface area contributed by atoms with E-state index in [1.54, 1.807) is 42.4 Å². The summed E-state index contributed by atoms with van der Waals surface area (Å²) in [5, 5.41) is 0. The molecule has 0 spiro atoms. The van der Waals surface area contributed by atoms with Crippen molar-refractivity contribution in [1.29, 1.82) is 0 Å². The Morgan fingerprint density at radius 3 is 1.15 bits per heavy atom. The minimum atomic E-state index is 0.377. The third kappa shape index (κ3) is 1.55. The standard InChI is InChI=1S/C18H24Se2/c1-9-11(3)15-17(7,13(9)5)20-16-12(4)10(2)14(6)18(16,8)19-15/h1-8H3. The van der Waals surface area contributed by atoms with Crippen LogP contribution < -0.4 is 0 Å². The zero-order valence-corrected chi connectivity index (χ0v) is 17.2. The normalized spacial score (nSPS) is 37.2. The number of rotatable bonds is 0.